The molecular weight excluding hydrogens is 284 g/mol. The number of piperidine rings is 1. The third kappa shape index (κ3) is 4.93. The molecule has 1 N–H and O–H groups in total. The summed E-state index contributed by atoms with van der Waals surface area (Å²) < 4.78 is 25.8. The maximum atomic E-state index is 12.1. The molecule has 2 rings (SSSR count). The van der Waals surface area contributed by atoms with Gasteiger partial charge in [0.05, 0.1) is 5.75 Å². The minimum absolute atomic E-state index is 0.294. The smallest absolute Gasteiger partial charge is 0.214 e. The highest BCUT2D eigenvalue weighted by Crippen LogP contribution is 2.35. The van der Waals surface area contributed by atoms with E-state index in [1.165, 1.54) is 25.7 Å². The third-order valence-electron chi connectivity index (χ3n) is 5.12. The average Bonchev–Trinajstić information content (AvgIpc) is 2.42. The van der Waals surface area contributed by atoms with Crippen LogP contribution in [-0.4, -0.2) is 43.6 Å². The van der Waals surface area contributed by atoms with E-state index in [-0.39, 0.29) is 0 Å². The molecule has 2 fully saturated rings. The minimum atomic E-state index is -3.00. The number of hydrogen-bond donors (Lipinski definition) is 1. The molecule has 0 atom stereocenters. The average molecular weight is 317 g/mol. The molecule has 0 aromatic carbocycles. The lowest BCUT2D eigenvalue weighted by Crippen LogP contribution is -2.49. The Kier molecular flexibility index (Phi) is 5.71. The minimum Gasteiger partial charge on any atom is -0.311 e. The predicted molar refractivity (Wildman–Crippen MR) is 87.8 cm³/mol. The monoisotopic (exact) mass is 316 g/mol. The van der Waals surface area contributed by atoms with Crippen molar-refractivity contribution in [3.05, 3.63) is 0 Å². The predicted octanol–water partition coefficient (Wildman–Crippen LogP) is 2.75. The van der Waals surface area contributed by atoms with Crippen molar-refractivity contribution >= 4 is 10.0 Å². The van der Waals surface area contributed by atoms with E-state index < -0.39 is 10.0 Å². The molecule has 0 amide bonds. The van der Waals surface area contributed by atoms with Gasteiger partial charge >= 0.3 is 0 Å². The maximum Gasteiger partial charge on any atom is 0.214 e. The van der Waals surface area contributed by atoms with Crippen molar-refractivity contribution in [2.45, 2.75) is 77.8 Å². The van der Waals surface area contributed by atoms with Gasteiger partial charge in [-0.15, -0.1) is 0 Å². The first-order valence-electron chi connectivity index (χ1n) is 8.56. The molecule has 21 heavy (non-hydrogen) atoms. The zero-order chi connectivity index (χ0) is 15.5. The van der Waals surface area contributed by atoms with Gasteiger partial charge in [-0.05, 0) is 50.4 Å². The molecule has 5 heteroatoms. The maximum absolute atomic E-state index is 12.1. The molecule has 0 unspecified atom stereocenters. The number of nitrogens with one attached hydrogen (secondary N) is 1. The topological polar surface area (TPSA) is 49.4 Å². The van der Waals surface area contributed by atoms with Crippen LogP contribution >= 0.6 is 0 Å². The van der Waals surface area contributed by atoms with Crippen molar-refractivity contribution in [2.24, 2.45) is 5.41 Å². The second kappa shape index (κ2) is 6.97. The van der Waals surface area contributed by atoms with Gasteiger partial charge in [0, 0.05) is 25.2 Å². The van der Waals surface area contributed by atoms with E-state index in [2.05, 4.69) is 19.2 Å². The molecule has 0 aromatic rings. The number of hydrogen-bond acceptors (Lipinski definition) is 3. The van der Waals surface area contributed by atoms with Crippen LogP contribution in [0.25, 0.3) is 0 Å². The second-order valence-corrected chi connectivity index (χ2v) is 9.68. The van der Waals surface area contributed by atoms with Gasteiger partial charge in [-0.1, -0.05) is 20.8 Å². The molecule has 1 aliphatic heterocycles. The molecule has 1 aliphatic carbocycles. The van der Waals surface area contributed by atoms with Gasteiger partial charge in [0.15, 0.2) is 0 Å². The first-order valence-corrected chi connectivity index (χ1v) is 10.2. The Hall–Kier alpha value is -0.130. The molecule has 0 aromatic heterocycles. The van der Waals surface area contributed by atoms with Crippen molar-refractivity contribution in [1.82, 2.24) is 9.62 Å². The van der Waals surface area contributed by atoms with Crippen LogP contribution in [0.5, 0.6) is 0 Å². The molecular formula is C16H32N2O2S. The lowest BCUT2D eigenvalue weighted by Gasteiger charge is -2.38. The summed E-state index contributed by atoms with van der Waals surface area (Å²) in [4.78, 5) is 0. The van der Waals surface area contributed by atoms with E-state index in [1.54, 1.807) is 4.31 Å². The summed E-state index contributed by atoms with van der Waals surface area (Å²) in [6.45, 7) is 8.04. The normalized spacial score (nSPS) is 26.0. The third-order valence-corrected chi connectivity index (χ3v) is 7.20. The number of nitrogens with zero attached hydrogens (tertiary/aromatic N) is 1. The lowest BCUT2D eigenvalue weighted by atomic mass is 9.75. The van der Waals surface area contributed by atoms with Crippen LogP contribution in [0, 0.1) is 5.41 Å². The van der Waals surface area contributed by atoms with Crippen LogP contribution in [0.4, 0.5) is 0 Å². The summed E-state index contributed by atoms with van der Waals surface area (Å²) in [7, 11) is -3.00. The second-order valence-electron chi connectivity index (χ2n) is 7.59. The molecule has 0 spiro atoms. The lowest BCUT2D eigenvalue weighted by molar-refractivity contribution is 0.183. The summed E-state index contributed by atoms with van der Waals surface area (Å²) in [5.41, 5.74) is 0.510. The van der Waals surface area contributed by atoms with Crippen LogP contribution in [0.2, 0.25) is 0 Å². The summed E-state index contributed by atoms with van der Waals surface area (Å²) in [6, 6.07) is 1.14. The molecule has 124 valence electrons. The summed E-state index contributed by atoms with van der Waals surface area (Å²) >= 11 is 0. The van der Waals surface area contributed by atoms with Gasteiger partial charge in [-0.2, -0.15) is 0 Å². The van der Waals surface area contributed by atoms with Crippen LogP contribution < -0.4 is 5.32 Å². The number of sulfonamides is 1. The Morgan fingerprint density at radius 3 is 2.10 bits per heavy atom. The van der Waals surface area contributed by atoms with Crippen molar-refractivity contribution in [3.63, 3.8) is 0 Å². The Balaban J connectivity index is 1.75. The Labute approximate surface area is 130 Å². The zero-order valence-corrected chi connectivity index (χ0v) is 14.7. The first-order chi connectivity index (χ1) is 9.82. The highest BCUT2D eigenvalue weighted by atomic mass is 32.2. The van der Waals surface area contributed by atoms with Crippen molar-refractivity contribution in [1.29, 1.82) is 0 Å². The highest BCUT2D eigenvalue weighted by molar-refractivity contribution is 7.89. The SMILES string of the molecule is CCCS(=O)(=O)N1CCC(NC2CCC(C)(C)CC2)CC1. The van der Waals surface area contributed by atoms with Crippen LogP contribution in [0.1, 0.15) is 65.7 Å². The highest BCUT2D eigenvalue weighted by Gasteiger charge is 2.31. The van der Waals surface area contributed by atoms with Gasteiger partial charge < -0.3 is 5.32 Å². The van der Waals surface area contributed by atoms with Crippen molar-refractivity contribution in [2.75, 3.05) is 18.8 Å². The molecule has 1 saturated heterocycles. The van der Waals surface area contributed by atoms with Gasteiger partial charge in [0.1, 0.15) is 0 Å². The fourth-order valence-corrected chi connectivity index (χ4v) is 5.13. The standard InChI is InChI=1S/C16H32N2O2S/c1-4-13-21(19,20)18-11-7-15(8-12-18)17-14-5-9-16(2,3)10-6-14/h14-15,17H,4-13H2,1-3H3. The molecule has 4 nitrogen and oxygen atoms in total. The van der Waals surface area contributed by atoms with E-state index in [4.69, 9.17) is 0 Å². The largest absolute Gasteiger partial charge is 0.311 e. The van der Waals surface area contributed by atoms with E-state index in [9.17, 15) is 8.42 Å². The van der Waals surface area contributed by atoms with Gasteiger partial charge in [-0.3, -0.25) is 0 Å². The first kappa shape index (κ1) is 17.2. The Morgan fingerprint density at radius 1 is 1.05 bits per heavy atom. The molecule has 0 radical (unpaired) electrons. The molecule has 2 aliphatic rings. The van der Waals surface area contributed by atoms with E-state index >= 15 is 0 Å². The van der Waals surface area contributed by atoms with E-state index in [0.717, 1.165) is 12.8 Å². The fraction of sp³-hybridized carbons (Fsp3) is 1.00. The van der Waals surface area contributed by atoms with Gasteiger partial charge in [0.2, 0.25) is 10.0 Å². The molecule has 1 saturated carbocycles. The number of rotatable bonds is 5. The molecule has 0 bridgehead atoms. The molecule has 1 heterocycles. The van der Waals surface area contributed by atoms with Gasteiger partial charge in [0.25, 0.3) is 0 Å². The zero-order valence-electron chi connectivity index (χ0n) is 13.9. The van der Waals surface area contributed by atoms with Crippen LogP contribution in [0.15, 0.2) is 0 Å². The van der Waals surface area contributed by atoms with Gasteiger partial charge in [-0.25, -0.2) is 12.7 Å². The van der Waals surface area contributed by atoms with E-state index in [1.807, 2.05) is 6.92 Å². The van der Waals surface area contributed by atoms with Crippen LogP contribution in [0.3, 0.4) is 0 Å². The fourth-order valence-electron chi connectivity index (χ4n) is 3.59. The Bertz CT molecular complexity index is 416. The Morgan fingerprint density at radius 2 is 1.57 bits per heavy atom. The van der Waals surface area contributed by atoms with Crippen LogP contribution in [-0.2, 0) is 10.0 Å². The van der Waals surface area contributed by atoms with E-state index in [0.29, 0.717) is 42.8 Å². The summed E-state index contributed by atoms with van der Waals surface area (Å²) in [6.07, 6.45) is 7.76. The quantitative estimate of drug-likeness (QED) is 0.848. The summed E-state index contributed by atoms with van der Waals surface area (Å²) in [5, 5.41) is 3.78. The van der Waals surface area contributed by atoms with Crippen molar-refractivity contribution in [3.8, 4) is 0 Å². The summed E-state index contributed by atoms with van der Waals surface area (Å²) in [5.74, 6) is 0.294. The van der Waals surface area contributed by atoms with Crippen molar-refractivity contribution < 1.29 is 8.42 Å².